The van der Waals surface area contributed by atoms with E-state index in [2.05, 4.69) is 16.8 Å². The molecule has 1 aliphatic heterocycles. The molecule has 1 atom stereocenters. The first-order chi connectivity index (χ1) is 8.16. The fourth-order valence-electron chi connectivity index (χ4n) is 2.10. The van der Waals surface area contributed by atoms with Crippen LogP contribution in [-0.2, 0) is 4.79 Å². The van der Waals surface area contributed by atoms with Crippen molar-refractivity contribution in [3.05, 3.63) is 16.6 Å². The van der Waals surface area contributed by atoms with Crippen LogP contribution in [0.3, 0.4) is 0 Å². The third-order valence-corrected chi connectivity index (χ3v) is 4.07. The molecule has 0 aromatic carbocycles. The van der Waals surface area contributed by atoms with Crippen molar-refractivity contribution >= 4 is 17.3 Å². The highest BCUT2D eigenvalue weighted by Gasteiger charge is 2.23. The van der Waals surface area contributed by atoms with E-state index in [9.17, 15) is 4.79 Å². The van der Waals surface area contributed by atoms with Gasteiger partial charge in [0.05, 0.1) is 12.6 Å². The number of aromatic nitrogens is 1. The smallest absolute Gasteiger partial charge is 0.317 e. The lowest BCUT2D eigenvalue weighted by Gasteiger charge is -2.36. The second-order valence-corrected chi connectivity index (χ2v) is 5.18. The van der Waals surface area contributed by atoms with Crippen LogP contribution in [0.4, 0.5) is 0 Å². The standard InChI is InChI=1S/C11H17N3O2S/c1-9(11-12-2-7-17-11)14-5-3-13(4-6-14)8-10(15)16/h2,7,9H,3-6,8H2,1H3,(H,15,16). The van der Waals surface area contributed by atoms with E-state index in [0.717, 1.165) is 31.2 Å². The third kappa shape index (κ3) is 3.24. The van der Waals surface area contributed by atoms with Gasteiger partial charge in [0.1, 0.15) is 5.01 Å². The molecule has 5 nitrogen and oxygen atoms in total. The number of thiazole rings is 1. The molecule has 17 heavy (non-hydrogen) atoms. The molecule has 0 saturated carbocycles. The van der Waals surface area contributed by atoms with E-state index in [1.54, 1.807) is 11.3 Å². The third-order valence-electron chi connectivity index (χ3n) is 3.12. The Hall–Kier alpha value is -0.980. The Morgan fingerprint density at radius 3 is 2.76 bits per heavy atom. The number of carboxylic acids is 1. The molecular weight excluding hydrogens is 238 g/mol. The van der Waals surface area contributed by atoms with Crippen molar-refractivity contribution in [1.82, 2.24) is 14.8 Å². The topological polar surface area (TPSA) is 56.7 Å². The normalized spacial score (nSPS) is 20.3. The fraction of sp³-hybridized carbons (Fsp3) is 0.636. The van der Waals surface area contributed by atoms with Crippen LogP contribution < -0.4 is 0 Å². The van der Waals surface area contributed by atoms with Crippen LogP contribution in [0.25, 0.3) is 0 Å². The van der Waals surface area contributed by atoms with E-state index < -0.39 is 5.97 Å². The summed E-state index contributed by atoms with van der Waals surface area (Å²) in [6, 6.07) is 0.335. The molecule has 0 radical (unpaired) electrons. The molecule has 0 amide bonds. The van der Waals surface area contributed by atoms with Crippen LogP contribution in [-0.4, -0.2) is 58.6 Å². The van der Waals surface area contributed by atoms with Crippen molar-refractivity contribution in [2.45, 2.75) is 13.0 Å². The number of piperazine rings is 1. The lowest BCUT2D eigenvalue weighted by atomic mass is 10.2. The summed E-state index contributed by atoms with van der Waals surface area (Å²) in [4.78, 5) is 19.3. The molecule has 0 aliphatic carbocycles. The Labute approximate surface area is 105 Å². The molecular formula is C11H17N3O2S. The van der Waals surface area contributed by atoms with Gasteiger partial charge in [-0.25, -0.2) is 4.98 Å². The summed E-state index contributed by atoms with van der Waals surface area (Å²) in [5.41, 5.74) is 0. The lowest BCUT2D eigenvalue weighted by Crippen LogP contribution is -2.48. The van der Waals surface area contributed by atoms with E-state index in [1.807, 2.05) is 16.5 Å². The molecule has 2 rings (SSSR count). The number of hydrogen-bond acceptors (Lipinski definition) is 5. The predicted octanol–water partition coefficient (Wildman–Crippen LogP) is 0.906. The molecule has 6 heteroatoms. The Kier molecular flexibility index (Phi) is 4.09. The average molecular weight is 255 g/mol. The molecule has 1 N–H and O–H groups in total. The first-order valence-corrected chi connectivity index (χ1v) is 6.62. The van der Waals surface area contributed by atoms with Gasteiger partial charge >= 0.3 is 5.97 Å². The Morgan fingerprint density at radius 2 is 2.24 bits per heavy atom. The zero-order chi connectivity index (χ0) is 12.3. The van der Waals surface area contributed by atoms with E-state index in [0.29, 0.717) is 6.04 Å². The Balaban J connectivity index is 1.84. The van der Waals surface area contributed by atoms with Gasteiger partial charge < -0.3 is 5.11 Å². The Bertz CT molecular complexity index is 361. The molecule has 1 fully saturated rings. The summed E-state index contributed by atoms with van der Waals surface area (Å²) >= 11 is 1.68. The summed E-state index contributed by atoms with van der Waals surface area (Å²) < 4.78 is 0. The summed E-state index contributed by atoms with van der Waals surface area (Å²) in [5, 5.41) is 11.9. The summed E-state index contributed by atoms with van der Waals surface area (Å²) in [6.07, 6.45) is 1.83. The van der Waals surface area contributed by atoms with Gasteiger partial charge in [0.15, 0.2) is 0 Å². The molecule has 1 saturated heterocycles. The second kappa shape index (κ2) is 5.57. The molecule has 1 aliphatic rings. The van der Waals surface area contributed by atoms with Gasteiger partial charge in [0.25, 0.3) is 0 Å². The number of carboxylic acid groups (broad SMARTS) is 1. The quantitative estimate of drug-likeness (QED) is 0.866. The van der Waals surface area contributed by atoms with Crippen molar-refractivity contribution in [3.8, 4) is 0 Å². The molecule has 94 valence electrons. The van der Waals surface area contributed by atoms with Gasteiger partial charge in [0, 0.05) is 37.8 Å². The minimum absolute atomic E-state index is 0.152. The van der Waals surface area contributed by atoms with Crippen LogP contribution in [0.1, 0.15) is 18.0 Å². The summed E-state index contributed by atoms with van der Waals surface area (Å²) in [7, 11) is 0. The Morgan fingerprint density at radius 1 is 1.53 bits per heavy atom. The van der Waals surface area contributed by atoms with Gasteiger partial charge in [-0.2, -0.15) is 0 Å². The van der Waals surface area contributed by atoms with Crippen molar-refractivity contribution < 1.29 is 9.90 Å². The van der Waals surface area contributed by atoms with E-state index in [4.69, 9.17) is 5.11 Å². The first kappa shape index (κ1) is 12.5. The van der Waals surface area contributed by atoms with E-state index >= 15 is 0 Å². The number of nitrogens with zero attached hydrogens (tertiary/aromatic N) is 3. The molecule has 1 aromatic heterocycles. The monoisotopic (exact) mass is 255 g/mol. The molecule has 1 unspecified atom stereocenters. The molecule has 1 aromatic rings. The van der Waals surface area contributed by atoms with Gasteiger partial charge in [-0.15, -0.1) is 11.3 Å². The second-order valence-electron chi connectivity index (χ2n) is 4.25. The lowest BCUT2D eigenvalue weighted by molar-refractivity contribution is -0.138. The summed E-state index contributed by atoms with van der Waals surface area (Å²) in [6.45, 7) is 5.78. The van der Waals surface area contributed by atoms with Crippen molar-refractivity contribution in [2.75, 3.05) is 32.7 Å². The number of carbonyl (C=O) groups is 1. The van der Waals surface area contributed by atoms with Gasteiger partial charge in [-0.05, 0) is 6.92 Å². The van der Waals surface area contributed by atoms with Crippen LogP contribution in [0.15, 0.2) is 11.6 Å². The SMILES string of the molecule is CC(c1nccs1)N1CCN(CC(=O)O)CC1. The molecule has 0 bridgehead atoms. The minimum Gasteiger partial charge on any atom is -0.480 e. The van der Waals surface area contributed by atoms with Crippen molar-refractivity contribution in [2.24, 2.45) is 0 Å². The van der Waals surface area contributed by atoms with Crippen LogP contribution in [0.5, 0.6) is 0 Å². The highest BCUT2D eigenvalue weighted by molar-refractivity contribution is 7.09. The largest absolute Gasteiger partial charge is 0.480 e. The van der Waals surface area contributed by atoms with Crippen LogP contribution >= 0.6 is 11.3 Å². The zero-order valence-corrected chi connectivity index (χ0v) is 10.7. The van der Waals surface area contributed by atoms with Crippen LogP contribution in [0, 0.1) is 0 Å². The van der Waals surface area contributed by atoms with E-state index in [1.165, 1.54) is 0 Å². The minimum atomic E-state index is -0.744. The maximum atomic E-state index is 10.6. The van der Waals surface area contributed by atoms with Gasteiger partial charge in [0.2, 0.25) is 0 Å². The zero-order valence-electron chi connectivity index (χ0n) is 9.87. The number of aliphatic carboxylic acids is 1. The van der Waals surface area contributed by atoms with Gasteiger partial charge in [-0.3, -0.25) is 14.6 Å². The number of hydrogen-bond donors (Lipinski definition) is 1. The van der Waals surface area contributed by atoms with Gasteiger partial charge in [-0.1, -0.05) is 0 Å². The van der Waals surface area contributed by atoms with Crippen molar-refractivity contribution in [3.63, 3.8) is 0 Å². The van der Waals surface area contributed by atoms with Crippen LogP contribution in [0.2, 0.25) is 0 Å². The first-order valence-electron chi connectivity index (χ1n) is 5.74. The maximum Gasteiger partial charge on any atom is 0.317 e. The molecule has 2 heterocycles. The fourth-order valence-corrected chi connectivity index (χ4v) is 2.83. The number of rotatable bonds is 4. The predicted molar refractivity (Wildman–Crippen MR) is 66.2 cm³/mol. The average Bonchev–Trinajstić information content (AvgIpc) is 2.82. The van der Waals surface area contributed by atoms with Crippen molar-refractivity contribution in [1.29, 1.82) is 0 Å². The maximum absolute atomic E-state index is 10.6. The molecule has 0 spiro atoms. The van der Waals surface area contributed by atoms with E-state index in [-0.39, 0.29) is 6.54 Å². The highest BCUT2D eigenvalue weighted by Crippen LogP contribution is 2.22. The summed E-state index contributed by atoms with van der Waals surface area (Å²) in [5.74, 6) is -0.744. The highest BCUT2D eigenvalue weighted by atomic mass is 32.1.